The van der Waals surface area contributed by atoms with Crippen LogP contribution in [0.2, 0.25) is 0 Å². The molecule has 0 unspecified atom stereocenters. The maximum atomic E-state index is 11.2. The lowest BCUT2D eigenvalue weighted by molar-refractivity contribution is -0.121. The average Bonchev–Trinajstić information content (AvgIpc) is 2.29. The Balaban J connectivity index is 2.37. The molecule has 0 aromatic heterocycles. The first-order valence-electron chi connectivity index (χ1n) is 5.30. The molecule has 0 aliphatic heterocycles. The third-order valence-corrected chi connectivity index (χ3v) is 2.56. The molecule has 1 aromatic carbocycles. The molecule has 0 bridgehead atoms. The summed E-state index contributed by atoms with van der Waals surface area (Å²) in [4.78, 5) is 11.2. The maximum absolute atomic E-state index is 11.2. The quantitative estimate of drug-likeness (QED) is 0.654. The van der Waals surface area contributed by atoms with E-state index in [-0.39, 0.29) is 5.91 Å². The Kier molecular flexibility index (Phi) is 5.78. The normalized spacial score (nSPS) is 10.6. The van der Waals surface area contributed by atoms with Gasteiger partial charge in [0.05, 0.1) is 6.21 Å². The molecular weight excluding hydrogens is 268 g/mol. The minimum Gasteiger partial charge on any atom is -0.273 e. The van der Waals surface area contributed by atoms with Crippen LogP contribution in [0.3, 0.4) is 0 Å². The number of nitrogens with zero attached hydrogens (tertiary/aromatic N) is 1. The molecule has 1 N–H and O–H groups in total. The number of unbranched alkanes of at least 4 members (excludes halogenated alkanes) is 1. The molecule has 1 aromatic rings. The first kappa shape index (κ1) is 12.9. The first-order valence-corrected chi connectivity index (χ1v) is 6.09. The van der Waals surface area contributed by atoms with Gasteiger partial charge in [0.15, 0.2) is 0 Å². The van der Waals surface area contributed by atoms with Gasteiger partial charge in [-0.2, -0.15) is 5.10 Å². The van der Waals surface area contributed by atoms with Crippen LogP contribution in [0.15, 0.2) is 33.8 Å². The molecule has 0 fully saturated rings. The second-order valence-electron chi connectivity index (χ2n) is 3.45. The molecule has 4 heteroatoms. The summed E-state index contributed by atoms with van der Waals surface area (Å²) in [7, 11) is 0. The Morgan fingerprint density at radius 3 is 2.75 bits per heavy atom. The second-order valence-corrected chi connectivity index (χ2v) is 4.36. The summed E-state index contributed by atoms with van der Waals surface area (Å²) in [5.74, 6) is -0.0322. The Bertz CT molecular complexity index is 360. The number of benzene rings is 1. The predicted octanol–water partition coefficient (Wildman–Crippen LogP) is 3.09. The fraction of sp³-hybridized carbons (Fsp3) is 0.333. The van der Waals surface area contributed by atoms with Crippen LogP contribution in [-0.4, -0.2) is 12.1 Å². The standard InChI is InChI=1S/C12H15BrN2O/c1-2-3-4-12(16)15-14-9-10-5-7-11(13)8-6-10/h5-9H,2-4H2,1H3,(H,15,16). The van der Waals surface area contributed by atoms with E-state index in [1.165, 1.54) is 0 Å². The second kappa shape index (κ2) is 7.17. The highest BCUT2D eigenvalue weighted by Gasteiger charge is 1.96. The summed E-state index contributed by atoms with van der Waals surface area (Å²) < 4.78 is 1.02. The van der Waals surface area contributed by atoms with Gasteiger partial charge in [0.2, 0.25) is 5.91 Å². The van der Waals surface area contributed by atoms with E-state index < -0.39 is 0 Å². The van der Waals surface area contributed by atoms with E-state index in [2.05, 4.69) is 33.4 Å². The zero-order valence-electron chi connectivity index (χ0n) is 9.24. The van der Waals surface area contributed by atoms with Gasteiger partial charge in [-0.05, 0) is 24.1 Å². The predicted molar refractivity (Wildman–Crippen MR) is 69.4 cm³/mol. The van der Waals surface area contributed by atoms with Gasteiger partial charge in [-0.25, -0.2) is 5.43 Å². The van der Waals surface area contributed by atoms with E-state index in [0.717, 1.165) is 22.9 Å². The van der Waals surface area contributed by atoms with Crippen LogP contribution in [0.4, 0.5) is 0 Å². The lowest BCUT2D eigenvalue weighted by atomic mass is 10.2. The minimum atomic E-state index is -0.0322. The number of halogens is 1. The van der Waals surface area contributed by atoms with E-state index >= 15 is 0 Å². The monoisotopic (exact) mass is 282 g/mol. The van der Waals surface area contributed by atoms with Crippen LogP contribution in [0.1, 0.15) is 31.7 Å². The smallest absolute Gasteiger partial charge is 0.240 e. The van der Waals surface area contributed by atoms with Crippen LogP contribution in [-0.2, 0) is 4.79 Å². The molecule has 1 amide bonds. The minimum absolute atomic E-state index is 0.0322. The summed E-state index contributed by atoms with van der Waals surface area (Å²) >= 11 is 3.35. The molecule has 0 saturated carbocycles. The molecule has 86 valence electrons. The molecule has 16 heavy (non-hydrogen) atoms. The van der Waals surface area contributed by atoms with Crippen molar-refractivity contribution in [1.82, 2.24) is 5.43 Å². The van der Waals surface area contributed by atoms with Crippen molar-refractivity contribution in [2.45, 2.75) is 26.2 Å². The van der Waals surface area contributed by atoms with E-state index in [1.807, 2.05) is 24.3 Å². The lowest BCUT2D eigenvalue weighted by Gasteiger charge is -1.97. The zero-order chi connectivity index (χ0) is 11.8. The van der Waals surface area contributed by atoms with Crippen molar-refractivity contribution >= 4 is 28.1 Å². The number of carbonyl (C=O) groups excluding carboxylic acids is 1. The van der Waals surface area contributed by atoms with Crippen molar-refractivity contribution in [2.75, 3.05) is 0 Å². The van der Waals surface area contributed by atoms with Crippen LogP contribution < -0.4 is 5.43 Å². The van der Waals surface area contributed by atoms with Gasteiger partial charge in [0, 0.05) is 10.9 Å². The summed E-state index contributed by atoms with van der Waals surface area (Å²) in [5, 5.41) is 3.88. The van der Waals surface area contributed by atoms with Crippen molar-refractivity contribution in [3.05, 3.63) is 34.3 Å². The van der Waals surface area contributed by atoms with Crippen molar-refractivity contribution in [2.24, 2.45) is 5.10 Å². The van der Waals surface area contributed by atoms with Gasteiger partial charge in [0.1, 0.15) is 0 Å². The molecule has 1 rings (SSSR count). The molecule has 3 nitrogen and oxygen atoms in total. The molecule has 0 spiro atoms. The maximum Gasteiger partial charge on any atom is 0.240 e. The van der Waals surface area contributed by atoms with Crippen molar-refractivity contribution in [3.63, 3.8) is 0 Å². The van der Waals surface area contributed by atoms with Crippen molar-refractivity contribution in [3.8, 4) is 0 Å². The van der Waals surface area contributed by atoms with Crippen LogP contribution in [0, 0.1) is 0 Å². The van der Waals surface area contributed by atoms with Gasteiger partial charge in [-0.15, -0.1) is 0 Å². The number of hydrogen-bond donors (Lipinski definition) is 1. The van der Waals surface area contributed by atoms with Crippen molar-refractivity contribution < 1.29 is 4.79 Å². The molecule has 0 heterocycles. The summed E-state index contributed by atoms with van der Waals surface area (Å²) in [6.45, 7) is 2.05. The fourth-order valence-corrected chi connectivity index (χ4v) is 1.39. The fourth-order valence-electron chi connectivity index (χ4n) is 1.12. The Morgan fingerprint density at radius 1 is 1.44 bits per heavy atom. The zero-order valence-corrected chi connectivity index (χ0v) is 10.8. The van der Waals surface area contributed by atoms with E-state index in [0.29, 0.717) is 6.42 Å². The van der Waals surface area contributed by atoms with Gasteiger partial charge in [-0.1, -0.05) is 41.4 Å². The molecule has 0 radical (unpaired) electrons. The van der Waals surface area contributed by atoms with Gasteiger partial charge >= 0.3 is 0 Å². The number of amides is 1. The Hall–Kier alpha value is -1.16. The average molecular weight is 283 g/mol. The third-order valence-electron chi connectivity index (χ3n) is 2.03. The topological polar surface area (TPSA) is 41.5 Å². The third kappa shape index (κ3) is 5.07. The first-order chi connectivity index (χ1) is 7.72. The highest BCUT2D eigenvalue weighted by atomic mass is 79.9. The van der Waals surface area contributed by atoms with E-state index in [4.69, 9.17) is 0 Å². The molecule has 0 aliphatic carbocycles. The highest BCUT2D eigenvalue weighted by Crippen LogP contribution is 2.08. The Labute approximate surface area is 104 Å². The lowest BCUT2D eigenvalue weighted by Crippen LogP contribution is -2.16. The van der Waals surface area contributed by atoms with E-state index in [1.54, 1.807) is 6.21 Å². The molecule has 0 saturated heterocycles. The number of carbonyl (C=O) groups is 1. The van der Waals surface area contributed by atoms with Crippen LogP contribution in [0.5, 0.6) is 0 Å². The van der Waals surface area contributed by atoms with Crippen LogP contribution in [0.25, 0.3) is 0 Å². The Morgan fingerprint density at radius 2 is 2.12 bits per heavy atom. The van der Waals surface area contributed by atoms with E-state index in [9.17, 15) is 4.79 Å². The van der Waals surface area contributed by atoms with Gasteiger partial charge in [-0.3, -0.25) is 4.79 Å². The van der Waals surface area contributed by atoms with Gasteiger partial charge in [0.25, 0.3) is 0 Å². The number of nitrogens with one attached hydrogen (secondary N) is 1. The largest absolute Gasteiger partial charge is 0.273 e. The highest BCUT2D eigenvalue weighted by molar-refractivity contribution is 9.10. The number of rotatable bonds is 5. The van der Waals surface area contributed by atoms with Crippen LogP contribution >= 0.6 is 15.9 Å². The summed E-state index contributed by atoms with van der Waals surface area (Å²) in [5.41, 5.74) is 3.46. The SMILES string of the molecule is CCCCC(=O)NN=Cc1ccc(Br)cc1. The molecular formula is C12H15BrN2O. The number of hydrogen-bond acceptors (Lipinski definition) is 2. The molecule has 0 atom stereocenters. The molecule has 0 aliphatic rings. The summed E-state index contributed by atoms with van der Waals surface area (Å²) in [6, 6.07) is 7.71. The summed E-state index contributed by atoms with van der Waals surface area (Å²) in [6.07, 6.45) is 4.09. The van der Waals surface area contributed by atoms with Crippen molar-refractivity contribution in [1.29, 1.82) is 0 Å². The number of hydrazone groups is 1. The van der Waals surface area contributed by atoms with Gasteiger partial charge < -0.3 is 0 Å².